The van der Waals surface area contributed by atoms with E-state index in [-0.39, 0.29) is 12.2 Å². The maximum Gasteiger partial charge on any atom is 0.306 e. The van der Waals surface area contributed by atoms with E-state index in [1.807, 2.05) is 0 Å². The summed E-state index contributed by atoms with van der Waals surface area (Å²) in [7, 11) is 1.44. The summed E-state index contributed by atoms with van der Waals surface area (Å²) in [5.41, 5.74) is 0.662. The molecule has 76 valence electrons. The minimum atomic E-state index is -0.930. The fourth-order valence-electron chi connectivity index (χ4n) is 1.22. The lowest BCUT2D eigenvalue weighted by Crippen LogP contribution is -2.07. The van der Waals surface area contributed by atoms with Crippen molar-refractivity contribution in [3.05, 3.63) is 29.8 Å². The van der Waals surface area contributed by atoms with E-state index in [1.54, 1.807) is 12.1 Å². The van der Waals surface area contributed by atoms with Gasteiger partial charge in [0.1, 0.15) is 5.75 Å². The van der Waals surface area contributed by atoms with Crippen LogP contribution in [-0.4, -0.2) is 23.3 Å². The standard InChI is InChI=1S/C10H12O4/c1-14-9(6-10(12)13)7-3-2-4-8(11)5-7/h2-5,9,11H,6H2,1H3,(H,12,13). The largest absolute Gasteiger partial charge is 0.508 e. The van der Waals surface area contributed by atoms with Crippen LogP contribution in [0.25, 0.3) is 0 Å². The lowest BCUT2D eigenvalue weighted by Gasteiger charge is -2.13. The first-order chi connectivity index (χ1) is 6.63. The second-order valence-electron chi connectivity index (χ2n) is 2.92. The second kappa shape index (κ2) is 4.62. The van der Waals surface area contributed by atoms with Crippen LogP contribution in [0.4, 0.5) is 0 Å². The molecule has 0 fully saturated rings. The van der Waals surface area contributed by atoms with Gasteiger partial charge in [0.15, 0.2) is 0 Å². The van der Waals surface area contributed by atoms with E-state index in [1.165, 1.54) is 19.2 Å². The predicted octanol–water partition coefficient (Wildman–Crippen LogP) is 1.55. The number of carboxylic acid groups (broad SMARTS) is 1. The Bertz CT molecular complexity index is 322. The Balaban J connectivity index is 2.83. The number of phenols is 1. The molecular weight excluding hydrogens is 184 g/mol. The van der Waals surface area contributed by atoms with Gasteiger partial charge >= 0.3 is 5.97 Å². The minimum absolute atomic E-state index is 0.106. The quantitative estimate of drug-likeness (QED) is 0.766. The van der Waals surface area contributed by atoms with E-state index in [2.05, 4.69) is 0 Å². The highest BCUT2D eigenvalue weighted by Crippen LogP contribution is 2.23. The fourth-order valence-corrected chi connectivity index (χ4v) is 1.22. The molecular formula is C10H12O4. The zero-order valence-electron chi connectivity index (χ0n) is 7.80. The van der Waals surface area contributed by atoms with Crippen LogP contribution >= 0.6 is 0 Å². The molecule has 0 aliphatic carbocycles. The molecule has 14 heavy (non-hydrogen) atoms. The lowest BCUT2D eigenvalue weighted by atomic mass is 10.1. The summed E-state index contributed by atoms with van der Waals surface area (Å²) in [5.74, 6) is -0.824. The molecule has 4 heteroatoms. The molecule has 0 heterocycles. The van der Waals surface area contributed by atoms with Crippen molar-refractivity contribution < 1.29 is 19.7 Å². The first kappa shape index (κ1) is 10.5. The molecule has 0 amide bonds. The third-order valence-electron chi connectivity index (χ3n) is 1.89. The number of hydrogen-bond acceptors (Lipinski definition) is 3. The summed E-state index contributed by atoms with van der Waals surface area (Å²) >= 11 is 0. The van der Waals surface area contributed by atoms with Gasteiger partial charge < -0.3 is 14.9 Å². The van der Waals surface area contributed by atoms with Gasteiger partial charge in [0.05, 0.1) is 12.5 Å². The molecule has 0 aliphatic rings. The SMILES string of the molecule is COC(CC(=O)O)c1cccc(O)c1. The zero-order valence-corrected chi connectivity index (χ0v) is 7.80. The van der Waals surface area contributed by atoms with Gasteiger partial charge in [0.25, 0.3) is 0 Å². The van der Waals surface area contributed by atoms with Crippen molar-refractivity contribution in [2.45, 2.75) is 12.5 Å². The lowest BCUT2D eigenvalue weighted by molar-refractivity contribution is -0.139. The first-order valence-electron chi connectivity index (χ1n) is 4.17. The number of ether oxygens (including phenoxy) is 1. The number of carbonyl (C=O) groups is 1. The molecule has 0 radical (unpaired) electrons. The van der Waals surface area contributed by atoms with Crippen molar-refractivity contribution in [1.29, 1.82) is 0 Å². The van der Waals surface area contributed by atoms with Crippen molar-refractivity contribution in [3.63, 3.8) is 0 Å². The number of phenolic OH excluding ortho intramolecular Hbond substituents is 1. The van der Waals surface area contributed by atoms with E-state index in [4.69, 9.17) is 9.84 Å². The molecule has 1 atom stereocenters. The Kier molecular flexibility index (Phi) is 3.48. The van der Waals surface area contributed by atoms with Gasteiger partial charge in [-0.05, 0) is 17.7 Å². The summed E-state index contributed by atoms with van der Waals surface area (Å²) in [4.78, 5) is 10.5. The highest BCUT2D eigenvalue weighted by Gasteiger charge is 2.14. The monoisotopic (exact) mass is 196 g/mol. The highest BCUT2D eigenvalue weighted by molar-refractivity contribution is 5.67. The molecule has 0 bridgehead atoms. The molecule has 0 saturated heterocycles. The molecule has 0 aromatic heterocycles. The van der Waals surface area contributed by atoms with E-state index >= 15 is 0 Å². The average Bonchev–Trinajstić information content (AvgIpc) is 2.14. The number of aromatic hydroxyl groups is 1. The smallest absolute Gasteiger partial charge is 0.306 e. The van der Waals surface area contributed by atoms with Gasteiger partial charge in [-0.25, -0.2) is 0 Å². The fraction of sp³-hybridized carbons (Fsp3) is 0.300. The summed E-state index contributed by atoms with van der Waals surface area (Å²) < 4.78 is 5.01. The Labute approximate surface area is 81.8 Å². The maximum atomic E-state index is 10.5. The van der Waals surface area contributed by atoms with Gasteiger partial charge in [-0.2, -0.15) is 0 Å². The summed E-state index contributed by atoms with van der Waals surface area (Å²) in [6, 6.07) is 6.39. The number of methoxy groups -OCH3 is 1. The average molecular weight is 196 g/mol. The van der Waals surface area contributed by atoms with Crippen LogP contribution < -0.4 is 0 Å². The molecule has 1 aromatic carbocycles. The van der Waals surface area contributed by atoms with E-state index in [0.29, 0.717) is 5.56 Å². The number of aliphatic carboxylic acids is 1. The molecule has 0 aliphatic heterocycles. The number of hydrogen-bond donors (Lipinski definition) is 2. The molecule has 0 spiro atoms. The Morgan fingerprint density at radius 1 is 1.57 bits per heavy atom. The second-order valence-corrected chi connectivity index (χ2v) is 2.92. The van der Waals surface area contributed by atoms with Crippen molar-refractivity contribution in [2.75, 3.05) is 7.11 Å². The van der Waals surface area contributed by atoms with Crippen molar-refractivity contribution in [1.82, 2.24) is 0 Å². The van der Waals surface area contributed by atoms with Crippen molar-refractivity contribution >= 4 is 5.97 Å². The van der Waals surface area contributed by atoms with Gasteiger partial charge in [0.2, 0.25) is 0 Å². The molecule has 0 saturated carbocycles. The van der Waals surface area contributed by atoms with Crippen LogP contribution in [0.1, 0.15) is 18.1 Å². The zero-order chi connectivity index (χ0) is 10.6. The van der Waals surface area contributed by atoms with Crippen molar-refractivity contribution in [3.8, 4) is 5.75 Å². The highest BCUT2D eigenvalue weighted by atomic mass is 16.5. The van der Waals surface area contributed by atoms with Crippen LogP contribution in [0.2, 0.25) is 0 Å². The first-order valence-corrected chi connectivity index (χ1v) is 4.17. The van der Waals surface area contributed by atoms with Crippen LogP contribution in [0.5, 0.6) is 5.75 Å². The van der Waals surface area contributed by atoms with Gasteiger partial charge in [-0.1, -0.05) is 12.1 Å². The van der Waals surface area contributed by atoms with E-state index in [0.717, 1.165) is 0 Å². The topological polar surface area (TPSA) is 66.8 Å². The van der Waals surface area contributed by atoms with Crippen LogP contribution in [0.15, 0.2) is 24.3 Å². The molecule has 1 aromatic rings. The minimum Gasteiger partial charge on any atom is -0.508 e. The number of carboxylic acids is 1. The van der Waals surface area contributed by atoms with Crippen LogP contribution in [-0.2, 0) is 9.53 Å². The van der Waals surface area contributed by atoms with Crippen LogP contribution in [0, 0.1) is 0 Å². The molecule has 1 rings (SSSR count). The molecule has 4 nitrogen and oxygen atoms in total. The van der Waals surface area contributed by atoms with Gasteiger partial charge in [0, 0.05) is 7.11 Å². The Hall–Kier alpha value is -1.55. The van der Waals surface area contributed by atoms with Crippen LogP contribution in [0.3, 0.4) is 0 Å². The number of rotatable bonds is 4. The third-order valence-corrected chi connectivity index (χ3v) is 1.89. The Morgan fingerprint density at radius 2 is 2.29 bits per heavy atom. The van der Waals surface area contributed by atoms with Gasteiger partial charge in [-0.3, -0.25) is 4.79 Å². The third kappa shape index (κ3) is 2.74. The number of benzene rings is 1. The predicted molar refractivity (Wildman–Crippen MR) is 50.1 cm³/mol. The normalized spacial score (nSPS) is 12.4. The van der Waals surface area contributed by atoms with E-state index in [9.17, 15) is 9.90 Å². The Morgan fingerprint density at radius 3 is 2.79 bits per heavy atom. The maximum absolute atomic E-state index is 10.5. The summed E-state index contributed by atoms with van der Waals surface area (Å²) in [5, 5.41) is 17.8. The molecule has 2 N–H and O–H groups in total. The summed E-state index contributed by atoms with van der Waals surface area (Å²) in [6.07, 6.45) is -0.625. The van der Waals surface area contributed by atoms with E-state index < -0.39 is 12.1 Å². The summed E-state index contributed by atoms with van der Waals surface area (Å²) in [6.45, 7) is 0. The molecule has 1 unspecified atom stereocenters. The van der Waals surface area contributed by atoms with Crippen molar-refractivity contribution in [2.24, 2.45) is 0 Å². The van der Waals surface area contributed by atoms with Gasteiger partial charge in [-0.15, -0.1) is 0 Å².